The van der Waals surface area contributed by atoms with Gasteiger partial charge < -0.3 is 10.6 Å². The van der Waals surface area contributed by atoms with Crippen molar-refractivity contribution in [1.29, 1.82) is 5.26 Å². The van der Waals surface area contributed by atoms with E-state index >= 15 is 0 Å². The maximum absolute atomic E-state index is 12.1. The van der Waals surface area contributed by atoms with Crippen molar-refractivity contribution >= 4 is 17.7 Å². The molecule has 2 rings (SSSR count). The molecule has 7 heteroatoms. The lowest BCUT2D eigenvalue weighted by Gasteiger charge is -2.19. The second-order valence-electron chi connectivity index (χ2n) is 5.01. The summed E-state index contributed by atoms with van der Waals surface area (Å²) in [6.07, 6.45) is 2.53. The van der Waals surface area contributed by atoms with Crippen molar-refractivity contribution in [2.24, 2.45) is 0 Å². The van der Waals surface area contributed by atoms with Crippen LogP contribution in [0.1, 0.15) is 18.4 Å². The highest BCUT2D eigenvalue weighted by atomic mass is 16.2. The first kappa shape index (κ1) is 15.5. The minimum Gasteiger partial charge on any atom is -0.344 e. The zero-order valence-electron chi connectivity index (χ0n) is 11.8. The summed E-state index contributed by atoms with van der Waals surface area (Å²) in [5, 5.41) is 15.8. The number of hydrogen-bond acceptors (Lipinski definition) is 4. The molecule has 1 aliphatic heterocycles. The van der Waals surface area contributed by atoms with Crippen molar-refractivity contribution in [3.63, 3.8) is 0 Å². The largest absolute Gasteiger partial charge is 0.344 e. The molecule has 3 amide bonds. The first-order valence-corrected chi connectivity index (χ1v) is 6.92. The topological polar surface area (TPSA) is 111 Å². The van der Waals surface area contributed by atoms with Crippen LogP contribution in [-0.2, 0) is 20.8 Å². The van der Waals surface area contributed by atoms with Gasteiger partial charge in [0, 0.05) is 12.8 Å². The van der Waals surface area contributed by atoms with Crippen molar-refractivity contribution < 1.29 is 14.4 Å². The first-order valence-electron chi connectivity index (χ1n) is 6.92. The molecule has 1 heterocycles. The van der Waals surface area contributed by atoms with E-state index in [1.807, 2.05) is 35.6 Å². The molecule has 0 saturated carbocycles. The van der Waals surface area contributed by atoms with Crippen LogP contribution in [0.5, 0.6) is 0 Å². The summed E-state index contributed by atoms with van der Waals surface area (Å²) in [5.41, 5.74) is 0.858. The average molecular weight is 300 g/mol. The lowest BCUT2D eigenvalue weighted by atomic mass is 10.0. The summed E-state index contributed by atoms with van der Waals surface area (Å²) >= 11 is 0. The number of carbonyl (C=O) groups is 3. The Kier molecular flexibility index (Phi) is 5.09. The Labute approximate surface area is 127 Å². The van der Waals surface area contributed by atoms with Crippen LogP contribution in [0.4, 0.5) is 0 Å². The molecule has 2 atom stereocenters. The van der Waals surface area contributed by atoms with Gasteiger partial charge in [0.15, 0.2) is 6.19 Å². The van der Waals surface area contributed by atoms with Crippen LogP contribution in [-0.4, -0.2) is 29.8 Å². The molecule has 1 aromatic carbocycles. The van der Waals surface area contributed by atoms with Crippen molar-refractivity contribution in [3.8, 4) is 6.19 Å². The monoisotopic (exact) mass is 300 g/mol. The van der Waals surface area contributed by atoms with E-state index in [1.54, 1.807) is 6.19 Å². The van der Waals surface area contributed by atoms with Gasteiger partial charge >= 0.3 is 0 Å². The summed E-state index contributed by atoms with van der Waals surface area (Å²) in [6.45, 7) is 0. The number of nitrogens with zero attached hydrogens (tertiary/aromatic N) is 1. The van der Waals surface area contributed by atoms with Crippen LogP contribution in [0.2, 0.25) is 0 Å². The standard InChI is InChI=1S/C15H16N4O3/c16-9-17-14(21)12(8-10-4-2-1-3-5-10)19-15(22)11-6-7-13(20)18-11/h1-5,11-12H,6-8H2,(H,17,21)(H,18,20)(H,19,22)/t11-,12-/m0/s1. The molecule has 1 aliphatic rings. The number of rotatable bonds is 5. The second kappa shape index (κ2) is 7.22. The molecule has 0 aromatic heterocycles. The maximum Gasteiger partial charge on any atom is 0.255 e. The minimum atomic E-state index is -0.868. The van der Waals surface area contributed by atoms with Gasteiger partial charge in [0.25, 0.3) is 5.91 Å². The van der Waals surface area contributed by atoms with Gasteiger partial charge in [-0.3, -0.25) is 19.7 Å². The predicted molar refractivity (Wildman–Crippen MR) is 77.0 cm³/mol. The van der Waals surface area contributed by atoms with Crippen molar-refractivity contribution in [2.45, 2.75) is 31.3 Å². The van der Waals surface area contributed by atoms with Crippen LogP contribution in [0.15, 0.2) is 30.3 Å². The highest BCUT2D eigenvalue weighted by Gasteiger charge is 2.30. The van der Waals surface area contributed by atoms with E-state index in [-0.39, 0.29) is 12.3 Å². The Morgan fingerprint density at radius 1 is 1.36 bits per heavy atom. The number of nitrogens with one attached hydrogen (secondary N) is 3. The highest BCUT2D eigenvalue weighted by Crippen LogP contribution is 2.08. The van der Waals surface area contributed by atoms with Crippen LogP contribution in [0, 0.1) is 11.5 Å². The smallest absolute Gasteiger partial charge is 0.255 e. The quantitative estimate of drug-likeness (QED) is 0.507. The summed E-state index contributed by atoms with van der Waals surface area (Å²) in [5.74, 6) is -1.18. The predicted octanol–water partition coefficient (Wildman–Crippen LogP) is -0.410. The molecule has 3 N–H and O–H groups in total. The highest BCUT2D eigenvalue weighted by molar-refractivity contribution is 5.94. The van der Waals surface area contributed by atoms with E-state index in [9.17, 15) is 14.4 Å². The third-order valence-electron chi connectivity index (χ3n) is 3.41. The zero-order chi connectivity index (χ0) is 15.9. The van der Waals surface area contributed by atoms with Gasteiger partial charge in [-0.2, -0.15) is 5.26 Å². The molecule has 0 aliphatic carbocycles. The van der Waals surface area contributed by atoms with Gasteiger partial charge in [0.05, 0.1) is 0 Å². The Morgan fingerprint density at radius 3 is 2.68 bits per heavy atom. The number of amides is 3. The third kappa shape index (κ3) is 4.06. The van der Waals surface area contributed by atoms with E-state index in [4.69, 9.17) is 5.26 Å². The fraction of sp³-hybridized carbons (Fsp3) is 0.333. The molecule has 114 valence electrons. The van der Waals surface area contributed by atoms with Crippen LogP contribution in [0.3, 0.4) is 0 Å². The lowest BCUT2D eigenvalue weighted by Crippen LogP contribution is -2.52. The van der Waals surface area contributed by atoms with Gasteiger partial charge in [-0.1, -0.05) is 30.3 Å². The van der Waals surface area contributed by atoms with Crippen molar-refractivity contribution in [3.05, 3.63) is 35.9 Å². The summed E-state index contributed by atoms with van der Waals surface area (Å²) in [7, 11) is 0. The Balaban J connectivity index is 2.04. The van der Waals surface area contributed by atoms with Gasteiger partial charge in [-0.25, -0.2) is 0 Å². The first-order chi connectivity index (χ1) is 10.6. The molecule has 0 unspecified atom stereocenters. The van der Waals surface area contributed by atoms with Gasteiger partial charge in [-0.05, 0) is 12.0 Å². The van der Waals surface area contributed by atoms with Gasteiger partial charge in [0.1, 0.15) is 12.1 Å². The molecule has 1 fully saturated rings. The van der Waals surface area contributed by atoms with Crippen molar-refractivity contribution in [1.82, 2.24) is 16.0 Å². The van der Waals surface area contributed by atoms with E-state index in [2.05, 4.69) is 10.6 Å². The van der Waals surface area contributed by atoms with Crippen LogP contribution >= 0.6 is 0 Å². The number of benzene rings is 1. The van der Waals surface area contributed by atoms with E-state index < -0.39 is 23.9 Å². The maximum atomic E-state index is 12.1. The lowest BCUT2D eigenvalue weighted by molar-refractivity contribution is -0.130. The average Bonchev–Trinajstić information content (AvgIpc) is 2.94. The molecule has 22 heavy (non-hydrogen) atoms. The molecule has 1 saturated heterocycles. The molecular formula is C15H16N4O3. The number of carbonyl (C=O) groups excluding carboxylic acids is 3. The van der Waals surface area contributed by atoms with Crippen LogP contribution < -0.4 is 16.0 Å². The summed E-state index contributed by atoms with van der Waals surface area (Å²) in [4.78, 5) is 35.2. The normalized spacial score (nSPS) is 18.0. The van der Waals surface area contributed by atoms with Gasteiger partial charge in [0.2, 0.25) is 11.8 Å². The third-order valence-corrected chi connectivity index (χ3v) is 3.41. The zero-order valence-corrected chi connectivity index (χ0v) is 11.8. The molecular weight excluding hydrogens is 284 g/mol. The second-order valence-corrected chi connectivity index (χ2v) is 5.01. The Hall–Kier alpha value is -2.88. The van der Waals surface area contributed by atoms with E-state index in [1.165, 1.54) is 0 Å². The molecule has 0 bridgehead atoms. The summed E-state index contributed by atoms with van der Waals surface area (Å²) < 4.78 is 0. The number of hydrogen-bond donors (Lipinski definition) is 3. The fourth-order valence-electron chi connectivity index (χ4n) is 2.28. The molecule has 0 spiro atoms. The minimum absolute atomic E-state index is 0.179. The SMILES string of the molecule is N#CNC(=O)[C@H](Cc1ccccc1)NC(=O)[C@@H]1CCC(=O)N1. The molecule has 0 radical (unpaired) electrons. The molecule has 1 aromatic rings. The summed E-state index contributed by atoms with van der Waals surface area (Å²) in [6, 6.07) is 7.67. The van der Waals surface area contributed by atoms with Crippen molar-refractivity contribution in [2.75, 3.05) is 0 Å². The Bertz CT molecular complexity index is 609. The Morgan fingerprint density at radius 2 is 2.09 bits per heavy atom. The van der Waals surface area contributed by atoms with Crippen LogP contribution in [0.25, 0.3) is 0 Å². The van der Waals surface area contributed by atoms with E-state index in [0.717, 1.165) is 5.56 Å². The van der Waals surface area contributed by atoms with Gasteiger partial charge in [-0.15, -0.1) is 0 Å². The fourth-order valence-corrected chi connectivity index (χ4v) is 2.28. The molecule has 7 nitrogen and oxygen atoms in total. The number of nitriles is 1. The van der Waals surface area contributed by atoms with E-state index in [0.29, 0.717) is 12.8 Å².